The molecule has 0 unspecified atom stereocenters. The number of likely N-dealkylation sites (tertiary alicyclic amines) is 1. The van der Waals surface area contributed by atoms with Crippen molar-refractivity contribution in [2.45, 2.75) is 24.3 Å². The van der Waals surface area contributed by atoms with Crippen LogP contribution in [0.5, 0.6) is 0 Å². The number of sulfonamides is 1. The molecule has 1 aliphatic rings. The maximum atomic E-state index is 13.3. The molecule has 166 valence electrons. The highest BCUT2D eigenvalue weighted by Crippen LogP contribution is 2.23. The Hall–Kier alpha value is -1.94. The van der Waals surface area contributed by atoms with Gasteiger partial charge < -0.3 is 10.6 Å². The quantitative estimate of drug-likeness (QED) is 0.597. The Balaban J connectivity index is 1.81. The van der Waals surface area contributed by atoms with E-state index in [2.05, 4.69) is 15.9 Å². The number of nitrogens with two attached hydrogens (primary N) is 1. The van der Waals surface area contributed by atoms with Crippen molar-refractivity contribution in [1.82, 2.24) is 9.21 Å². The molecular weight excluding hydrogens is 506 g/mol. The maximum absolute atomic E-state index is 13.3. The van der Waals surface area contributed by atoms with Crippen molar-refractivity contribution in [2.24, 2.45) is 11.7 Å². The molecule has 1 heterocycles. The first-order valence-electron chi connectivity index (χ1n) is 9.74. The lowest BCUT2D eigenvalue weighted by Crippen LogP contribution is -2.46. The van der Waals surface area contributed by atoms with Crippen LogP contribution in [0.15, 0.2) is 57.9 Å². The second-order valence-electron chi connectivity index (χ2n) is 7.41. The number of halogens is 2. The molecule has 0 spiro atoms. The van der Waals surface area contributed by atoms with Gasteiger partial charge >= 0.3 is 0 Å². The third kappa shape index (κ3) is 6.06. The summed E-state index contributed by atoms with van der Waals surface area (Å²) in [5, 5.41) is 0.541. The molecule has 0 radical (unpaired) electrons. The molecule has 3 rings (SSSR count). The van der Waals surface area contributed by atoms with E-state index in [1.54, 1.807) is 41.3 Å². The monoisotopic (exact) mass is 527 g/mol. The minimum absolute atomic E-state index is 0.0268. The molecular formula is C21H23BrClN3O4S. The molecule has 1 aliphatic heterocycles. The minimum atomic E-state index is -3.93. The molecule has 0 atom stereocenters. The van der Waals surface area contributed by atoms with Crippen molar-refractivity contribution in [3.63, 3.8) is 0 Å². The smallest absolute Gasteiger partial charge is 0.243 e. The van der Waals surface area contributed by atoms with Crippen LogP contribution in [0.2, 0.25) is 5.02 Å². The van der Waals surface area contributed by atoms with E-state index < -0.39 is 10.0 Å². The predicted octanol–water partition coefficient (Wildman–Crippen LogP) is 3.02. The van der Waals surface area contributed by atoms with Crippen LogP contribution in [0.25, 0.3) is 0 Å². The van der Waals surface area contributed by atoms with Gasteiger partial charge in [0, 0.05) is 35.0 Å². The molecule has 2 aromatic carbocycles. The number of benzene rings is 2. The fourth-order valence-corrected chi connectivity index (χ4v) is 5.21. The molecule has 0 saturated carbocycles. The lowest BCUT2D eigenvalue weighted by molar-refractivity contribution is -0.135. The number of carbonyl (C=O) groups is 2. The molecule has 1 saturated heterocycles. The van der Waals surface area contributed by atoms with Gasteiger partial charge in [0.1, 0.15) is 0 Å². The molecule has 2 aromatic rings. The van der Waals surface area contributed by atoms with E-state index in [1.807, 2.05) is 0 Å². The zero-order valence-electron chi connectivity index (χ0n) is 16.7. The Morgan fingerprint density at radius 2 is 1.65 bits per heavy atom. The van der Waals surface area contributed by atoms with Crippen LogP contribution in [-0.4, -0.2) is 49.1 Å². The van der Waals surface area contributed by atoms with Crippen LogP contribution >= 0.6 is 27.5 Å². The van der Waals surface area contributed by atoms with E-state index in [0.717, 1.165) is 4.47 Å². The second kappa shape index (κ2) is 10.1. The van der Waals surface area contributed by atoms with Gasteiger partial charge in [0.2, 0.25) is 21.8 Å². The lowest BCUT2D eigenvalue weighted by atomic mass is 9.96. The molecule has 2 N–H and O–H groups in total. The largest absolute Gasteiger partial charge is 0.369 e. The van der Waals surface area contributed by atoms with Crippen molar-refractivity contribution >= 4 is 49.4 Å². The Morgan fingerprint density at radius 1 is 1.06 bits per heavy atom. The van der Waals surface area contributed by atoms with Crippen LogP contribution < -0.4 is 5.73 Å². The van der Waals surface area contributed by atoms with Crippen molar-refractivity contribution in [3.05, 3.63) is 63.6 Å². The molecule has 31 heavy (non-hydrogen) atoms. The molecule has 0 aliphatic carbocycles. The summed E-state index contributed by atoms with van der Waals surface area (Å²) in [6, 6.07) is 13.1. The average molecular weight is 529 g/mol. The molecule has 10 heteroatoms. The zero-order chi connectivity index (χ0) is 22.6. The first-order chi connectivity index (χ1) is 14.7. The van der Waals surface area contributed by atoms with Gasteiger partial charge in [0.15, 0.2) is 0 Å². The molecule has 7 nitrogen and oxygen atoms in total. The normalized spacial score (nSPS) is 15.3. The SMILES string of the molecule is NC(=O)C1CCN(C(=O)CN(Cc2ccc(Cl)cc2)S(=O)(=O)c2ccc(Br)cc2)CC1. The summed E-state index contributed by atoms with van der Waals surface area (Å²) in [5.41, 5.74) is 6.07. The average Bonchev–Trinajstić information content (AvgIpc) is 2.75. The van der Waals surface area contributed by atoms with Crippen molar-refractivity contribution in [3.8, 4) is 0 Å². The molecule has 1 fully saturated rings. The fourth-order valence-electron chi connectivity index (χ4n) is 3.44. The Morgan fingerprint density at radius 3 is 2.19 bits per heavy atom. The summed E-state index contributed by atoms with van der Waals surface area (Å²) in [6.45, 7) is 0.473. The number of primary amides is 1. The van der Waals surface area contributed by atoms with E-state index in [1.165, 1.54) is 16.4 Å². The van der Waals surface area contributed by atoms with E-state index >= 15 is 0 Å². The minimum Gasteiger partial charge on any atom is -0.369 e. The van der Waals surface area contributed by atoms with Gasteiger partial charge in [-0.05, 0) is 54.8 Å². The first-order valence-corrected chi connectivity index (χ1v) is 12.3. The van der Waals surface area contributed by atoms with Crippen LogP contribution in [0.4, 0.5) is 0 Å². The molecule has 0 bridgehead atoms. The Bertz CT molecular complexity index is 1040. The standard InChI is InChI=1S/C21H23BrClN3O4S/c22-17-3-7-19(8-4-17)31(29,30)26(13-15-1-5-18(23)6-2-15)14-20(27)25-11-9-16(10-12-25)21(24)28/h1-8,16H,9-14H2,(H2,24,28). The third-order valence-electron chi connectivity index (χ3n) is 5.29. The summed E-state index contributed by atoms with van der Waals surface area (Å²) in [6.07, 6.45) is 0.968. The number of nitrogens with zero attached hydrogens (tertiary/aromatic N) is 2. The van der Waals surface area contributed by atoms with Gasteiger partial charge in [-0.3, -0.25) is 9.59 Å². The maximum Gasteiger partial charge on any atom is 0.243 e. The van der Waals surface area contributed by atoms with E-state index in [0.29, 0.717) is 36.5 Å². The summed E-state index contributed by atoms with van der Waals surface area (Å²) >= 11 is 9.24. The fraction of sp³-hybridized carbons (Fsp3) is 0.333. The third-order valence-corrected chi connectivity index (χ3v) is 7.87. The summed E-state index contributed by atoms with van der Waals surface area (Å²) in [7, 11) is -3.93. The van der Waals surface area contributed by atoms with Gasteiger partial charge in [-0.1, -0.05) is 39.7 Å². The van der Waals surface area contributed by atoms with Crippen LogP contribution in [0.3, 0.4) is 0 Å². The summed E-state index contributed by atoms with van der Waals surface area (Å²) in [5.74, 6) is -0.924. The van der Waals surface area contributed by atoms with Gasteiger partial charge in [0.05, 0.1) is 11.4 Å². The van der Waals surface area contributed by atoms with Crippen molar-refractivity contribution < 1.29 is 18.0 Å². The number of hydrogen-bond acceptors (Lipinski definition) is 4. The van der Waals surface area contributed by atoms with Crippen LogP contribution in [0, 0.1) is 5.92 Å². The zero-order valence-corrected chi connectivity index (χ0v) is 19.9. The summed E-state index contributed by atoms with van der Waals surface area (Å²) in [4.78, 5) is 26.0. The predicted molar refractivity (Wildman–Crippen MR) is 122 cm³/mol. The highest BCUT2D eigenvalue weighted by Gasteiger charge is 2.31. The first kappa shape index (κ1) is 23.7. The second-order valence-corrected chi connectivity index (χ2v) is 10.7. The number of amides is 2. The van der Waals surface area contributed by atoms with E-state index in [4.69, 9.17) is 17.3 Å². The Kier molecular flexibility index (Phi) is 7.74. The number of carbonyl (C=O) groups excluding carboxylic acids is 2. The highest BCUT2D eigenvalue weighted by atomic mass is 79.9. The van der Waals surface area contributed by atoms with Gasteiger partial charge in [0.25, 0.3) is 0 Å². The molecule has 0 aromatic heterocycles. The summed E-state index contributed by atoms with van der Waals surface area (Å²) < 4.78 is 28.6. The number of piperidine rings is 1. The topological polar surface area (TPSA) is 101 Å². The highest BCUT2D eigenvalue weighted by molar-refractivity contribution is 9.10. The van der Waals surface area contributed by atoms with Gasteiger partial charge in [-0.25, -0.2) is 8.42 Å². The van der Waals surface area contributed by atoms with Gasteiger partial charge in [-0.2, -0.15) is 4.31 Å². The molecule has 2 amide bonds. The van der Waals surface area contributed by atoms with Gasteiger partial charge in [-0.15, -0.1) is 0 Å². The number of hydrogen-bond donors (Lipinski definition) is 1. The van der Waals surface area contributed by atoms with Crippen molar-refractivity contribution in [1.29, 1.82) is 0 Å². The Labute approximate surface area is 195 Å². The van der Waals surface area contributed by atoms with Crippen LogP contribution in [0.1, 0.15) is 18.4 Å². The van der Waals surface area contributed by atoms with E-state index in [9.17, 15) is 18.0 Å². The van der Waals surface area contributed by atoms with Crippen molar-refractivity contribution in [2.75, 3.05) is 19.6 Å². The number of rotatable bonds is 7. The lowest BCUT2D eigenvalue weighted by Gasteiger charge is -2.32. The van der Waals surface area contributed by atoms with Crippen LogP contribution in [-0.2, 0) is 26.2 Å². The van der Waals surface area contributed by atoms with E-state index in [-0.39, 0.29) is 35.7 Å².